The van der Waals surface area contributed by atoms with E-state index in [1.165, 1.54) is 42.6 Å². The van der Waals surface area contributed by atoms with Gasteiger partial charge in [0.25, 0.3) is 0 Å². The molecule has 0 aromatic heterocycles. The SMILES string of the molecule is CCN(CCNC(C)c1cc(C)cc(C)c1)C1CC1. The summed E-state index contributed by atoms with van der Waals surface area (Å²) >= 11 is 0. The lowest BCUT2D eigenvalue weighted by molar-refractivity contribution is 0.273. The van der Waals surface area contributed by atoms with E-state index in [0.717, 1.165) is 12.6 Å². The molecule has 0 aliphatic heterocycles. The molecule has 0 saturated heterocycles. The molecule has 0 bridgehead atoms. The summed E-state index contributed by atoms with van der Waals surface area (Å²) in [7, 11) is 0. The summed E-state index contributed by atoms with van der Waals surface area (Å²) in [6.07, 6.45) is 2.81. The lowest BCUT2D eigenvalue weighted by Gasteiger charge is -2.22. The Kier molecular flexibility index (Phi) is 5.00. The Morgan fingerprint density at radius 3 is 2.37 bits per heavy atom. The minimum absolute atomic E-state index is 0.441. The van der Waals surface area contributed by atoms with Gasteiger partial charge in [-0.1, -0.05) is 36.2 Å². The summed E-state index contributed by atoms with van der Waals surface area (Å²) in [6, 6.07) is 8.15. The lowest BCUT2D eigenvalue weighted by Crippen LogP contribution is -2.34. The number of aryl methyl sites for hydroxylation is 2. The van der Waals surface area contributed by atoms with E-state index in [0.29, 0.717) is 6.04 Å². The molecular weight excluding hydrogens is 232 g/mol. The van der Waals surface area contributed by atoms with Crippen LogP contribution in [-0.4, -0.2) is 30.6 Å². The fourth-order valence-electron chi connectivity index (χ4n) is 2.84. The first-order chi connectivity index (χ1) is 9.10. The van der Waals surface area contributed by atoms with Crippen LogP contribution in [0.25, 0.3) is 0 Å². The highest BCUT2D eigenvalue weighted by Crippen LogP contribution is 2.26. The summed E-state index contributed by atoms with van der Waals surface area (Å²) in [5.74, 6) is 0. The molecule has 19 heavy (non-hydrogen) atoms. The molecular formula is C17H28N2. The molecule has 1 aliphatic rings. The Morgan fingerprint density at radius 2 is 1.84 bits per heavy atom. The maximum Gasteiger partial charge on any atom is 0.0292 e. The van der Waals surface area contributed by atoms with Gasteiger partial charge in [0, 0.05) is 25.2 Å². The third-order valence-corrected chi connectivity index (χ3v) is 4.06. The average molecular weight is 260 g/mol. The van der Waals surface area contributed by atoms with Crippen molar-refractivity contribution < 1.29 is 0 Å². The fourth-order valence-corrected chi connectivity index (χ4v) is 2.84. The van der Waals surface area contributed by atoms with Crippen molar-refractivity contribution in [2.75, 3.05) is 19.6 Å². The zero-order valence-electron chi connectivity index (χ0n) is 12.9. The van der Waals surface area contributed by atoms with Crippen LogP contribution in [0.3, 0.4) is 0 Å². The predicted molar refractivity (Wildman–Crippen MR) is 82.6 cm³/mol. The molecule has 106 valence electrons. The molecule has 0 spiro atoms. The Bertz CT molecular complexity index is 389. The molecule has 2 heteroatoms. The van der Waals surface area contributed by atoms with Crippen molar-refractivity contribution in [2.24, 2.45) is 0 Å². The first-order valence-corrected chi connectivity index (χ1v) is 7.65. The molecule has 0 amide bonds. The van der Waals surface area contributed by atoms with Crippen molar-refractivity contribution >= 4 is 0 Å². The normalized spacial score (nSPS) is 16.9. The van der Waals surface area contributed by atoms with Crippen molar-refractivity contribution in [3.63, 3.8) is 0 Å². The van der Waals surface area contributed by atoms with Crippen LogP contribution in [0, 0.1) is 13.8 Å². The van der Waals surface area contributed by atoms with Gasteiger partial charge in [0.15, 0.2) is 0 Å². The maximum atomic E-state index is 3.66. The Hall–Kier alpha value is -0.860. The van der Waals surface area contributed by atoms with E-state index in [1.807, 2.05) is 0 Å². The second-order valence-electron chi connectivity index (χ2n) is 5.96. The number of benzene rings is 1. The van der Waals surface area contributed by atoms with Gasteiger partial charge in [0.05, 0.1) is 0 Å². The van der Waals surface area contributed by atoms with Gasteiger partial charge >= 0.3 is 0 Å². The number of rotatable bonds is 7. The molecule has 1 saturated carbocycles. The van der Waals surface area contributed by atoms with E-state index in [2.05, 4.69) is 56.1 Å². The second kappa shape index (κ2) is 6.53. The van der Waals surface area contributed by atoms with Gasteiger partial charge in [-0.3, -0.25) is 4.90 Å². The molecule has 1 unspecified atom stereocenters. The summed E-state index contributed by atoms with van der Waals surface area (Å²) in [4.78, 5) is 2.60. The number of nitrogens with one attached hydrogen (secondary N) is 1. The standard InChI is InChI=1S/C17H28N2/c1-5-19(17-6-7-17)9-8-18-15(4)16-11-13(2)10-14(3)12-16/h10-12,15,17-18H,5-9H2,1-4H3. The van der Waals surface area contributed by atoms with Crippen LogP contribution in [0.5, 0.6) is 0 Å². The van der Waals surface area contributed by atoms with Gasteiger partial charge in [-0.25, -0.2) is 0 Å². The topological polar surface area (TPSA) is 15.3 Å². The van der Waals surface area contributed by atoms with Crippen LogP contribution in [0.2, 0.25) is 0 Å². The van der Waals surface area contributed by atoms with Crippen molar-refractivity contribution in [2.45, 2.75) is 52.6 Å². The zero-order valence-corrected chi connectivity index (χ0v) is 12.9. The third kappa shape index (κ3) is 4.32. The number of hydrogen-bond acceptors (Lipinski definition) is 2. The van der Waals surface area contributed by atoms with Crippen molar-refractivity contribution in [1.29, 1.82) is 0 Å². The Morgan fingerprint density at radius 1 is 1.21 bits per heavy atom. The largest absolute Gasteiger partial charge is 0.309 e. The van der Waals surface area contributed by atoms with Gasteiger partial charge in [-0.2, -0.15) is 0 Å². The van der Waals surface area contributed by atoms with E-state index in [9.17, 15) is 0 Å². The molecule has 2 rings (SSSR count). The fraction of sp³-hybridized carbons (Fsp3) is 0.647. The molecule has 1 aliphatic carbocycles. The van der Waals surface area contributed by atoms with Crippen molar-refractivity contribution in [1.82, 2.24) is 10.2 Å². The lowest BCUT2D eigenvalue weighted by atomic mass is 10.0. The number of hydrogen-bond donors (Lipinski definition) is 1. The molecule has 1 aromatic rings. The second-order valence-corrected chi connectivity index (χ2v) is 5.96. The van der Waals surface area contributed by atoms with E-state index in [4.69, 9.17) is 0 Å². The first-order valence-electron chi connectivity index (χ1n) is 7.65. The van der Waals surface area contributed by atoms with E-state index in [1.54, 1.807) is 0 Å². The van der Waals surface area contributed by atoms with Crippen LogP contribution in [0.15, 0.2) is 18.2 Å². The van der Waals surface area contributed by atoms with Crippen LogP contribution in [0.4, 0.5) is 0 Å². The van der Waals surface area contributed by atoms with Gasteiger partial charge in [-0.15, -0.1) is 0 Å². The van der Waals surface area contributed by atoms with Crippen LogP contribution < -0.4 is 5.32 Å². The summed E-state index contributed by atoms with van der Waals surface area (Å²) in [6.45, 7) is 12.3. The van der Waals surface area contributed by atoms with Crippen LogP contribution in [0.1, 0.15) is 49.4 Å². The molecule has 1 N–H and O–H groups in total. The molecule has 1 atom stereocenters. The van der Waals surface area contributed by atoms with Crippen LogP contribution in [-0.2, 0) is 0 Å². The summed E-state index contributed by atoms with van der Waals surface area (Å²) in [5, 5.41) is 3.66. The Labute approximate surface area is 118 Å². The average Bonchev–Trinajstić information content (AvgIpc) is 3.17. The first kappa shape index (κ1) is 14.5. The molecule has 1 fully saturated rings. The highest BCUT2D eigenvalue weighted by molar-refractivity contribution is 5.30. The molecule has 1 aromatic carbocycles. The third-order valence-electron chi connectivity index (χ3n) is 4.06. The zero-order chi connectivity index (χ0) is 13.8. The van der Waals surface area contributed by atoms with E-state index in [-0.39, 0.29) is 0 Å². The molecule has 0 heterocycles. The van der Waals surface area contributed by atoms with Gasteiger partial charge in [0.1, 0.15) is 0 Å². The summed E-state index contributed by atoms with van der Waals surface area (Å²) in [5.41, 5.74) is 4.13. The maximum absolute atomic E-state index is 3.66. The highest BCUT2D eigenvalue weighted by atomic mass is 15.2. The quantitative estimate of drug-likeness (QED) is 0.808. The minimum atomic E-state index is 0.441. The molecule has 2 nitrogen and oxygen atoms in total. The monoisotopic (exact) mass is 260 g/mol. The van der Waals surface area contributed by atoms with Gasteiger partial charge in [0.2, 0.25) is 0 Å². The van der Waals surface area contributed by atoms with Crippen molar-refractivity contribution in [3.05, 3.63) is 34.9 Å². The van der Waals surface area contributed by atoms with Crippen LogP contribution >= 0.6 is 0 Å². The molecule has 0 radical (unpaired) electrons. The van der Waals surface area contributed by atoms with E-state index < -0.39 is 0 Å². The predicted octanol–water partition coefficient (Wildman–Crippen LogP) is 3.44. The smallest absolute Gasteiger partial charge is 0.0292 e. The number of likely N-dealkylation sites (N-methyl/N-ethyl adjacent to an activating group) is 1. The van der Waals surface area contributed by atoms with Crippen molar-refractivity contribution in [3.8, 4) is 0 Å². The minimum Gasteiger partial charge on any atom is -0.309 e. The number of nitrogens with zero attached hydrogens (tertiary/aromatic N) is 1. The van der Waals surface area contributed by atoms with E-state index >= 15 is 0 Å². The highest BCUT2D eigenvalue weighted by Gasteiger charge is 2.27. The Balaban J connectivity index is 1.81. The van der Waals surface area contributed by atoms with Gasteiger partial charge in [-0.05, 0) is 45.7 Å². The van der Waals surface area contributed by atoms with Gasteiger partial charge < -0.3 is 5.32 Å². The summed E-state index contributed by atoms with van der Waals surface area (Å²) < 4.78 is 0.